The Labute approximate surface area is 108 Å². The zero-order valence-electron chi connectivity index (χ0n) is 11.2. The van der Waals surface area contributed by atoms with Gasteiger partial charge in [-0.15, -0.1) is 0 Å². The maximum Gasteiger partial charge on any atom is 0.222 e. The van der Waals surface area contributed by atoms with Crippen LogP contribution in [0.3, 0.4) is 0 Å². The molecule has 4 heteroatoms. The van der Waals surface area contributed by atoms with Crippen LogP contribution >= 0.6 is 0 Å². The fraction of sp³-hybridized carbons (Fsp3) is 0.500. The predicted octanol–water partition coefficient (Wildman–Crippen LogP) is 2.47. The molecule has 2 N–H and O–H groups in total. The summed E-state index contributed by atoms with van der Waals surface area (Å²) in [7, 11) is 1.70. The SMILES string of the molecule is CC(N)CCC(=O)N(C)C(C)c1ccccc1F. The maximum absolute atomic E-state index is 13.6. The van der Waals surface area contributed by atoms with Crippen molar-refractivity contribution >= 4 is 5.91 Å². The lowest BCUT2D eigenvalue weighted by atomic mass is 10.1. The van der Waals surface area contributed by atoms with Crippen LogP contribution in [0.25, 0.3) is 0 Å². The van der Waals surface area contributed by atoms with Crippen molar-refractivity contribution in [1.29, 1.82) is 0 Å². The molecule has 0 saturated carbocycles. The molecule has 3 nitrogen and oxygen atoms in total. The number of amides is 1. The van der Waals surface area contributed by atoms with E-state index in [0.29, 0.717) is 18.4 Å². The van der Waals surface area contributed by atoms with Gasteiger partial charge in [-0.3, -0.25) is 4.79 Å². The summed E-state index contributed by atoms with van der Waals surface area (Å²) < 4.78 is 13.6. The molecule has 0 bridgehead atoms. The van der Waals surface area contributed by atoms with Crippen LogP contribution in [-0.4, -0.2) is 23.9 Å². The molecule has 18 heavy (non-hydrogen) atoms. The zero-order valence-corrected chi connectivity index (χ0v) is 11.2. The number of hydrogen-bond acceptors (Lipinski definition) is 2. The summed E-state index contributed by atoms with van der Waals surface area (Å²) in [6, 6.07) is 6.26. The van der Waals surface area contributed by atoms with E-state index in [-0.39, 0.29) is 23.8 Å². The van der Waals surface area contributed by atoms with E-state index in [2.05, 4.69) is 0 Å². The van der Waals surface area contributed by atoms with Crippen molar-refractivity contribution in [2.75, 3.05) is 7.05 Å². The first-order valence-corrected chi connectivity index (χ1v) is 6.19. The summed E-state index contributed by atoms with van der Waals surface area (Å²) in [4.78, 5) is 13.5. The van der Waals surface area contributed by atoms with Gasteiger partial charge in [-0.05, 0) is 26.3 Å². The second-order valence-electron chi connectivity index (χ2n) is 4.72. The minimum absolute atomic E-state index is 0.00566. The predicted molar refractivity (Wildman–Crippen MR) is 70.5 cm³/mol. The molecule has 0 aromatic heterocycles. The van der Waals surface area contributed by atoms with E-state index in [1.165, 1.54) is 6.07 Å². The number of nitrogens with two attached hydrogens (primary N) is 1. The van der Waals surface area contributed by atoms with Crippen LogP contribution in [0.1, 0.15) is 38.3 Å². The molecule has 1 amide bonds. The molecule has 2 unspecified atom stereocenters. The topological polar surface area (TPSA) is 46.3 Å². The van der Waals surface area contributed by atoms with E-state index < -0.39 is 0 Å². The Morgan fingerprint density at radius 1 is 1.39 bits per heavy atom. The Balaban J connectivity index is 2.69. The second kappa shape index (κ2) is 6.50. The monoisotopic (exact) mass is 252 g/mol. The molecule has 1 aromatic carbocycles. The molecule has 0 aliphatic rings. The third-order valence-electron chi connectivity index (χ3n) is 3.14. The fourth-order valence-electron chi connectivity index (χ4n) is 1.77. The van der Waals surface area contributed by atoms with Crippen LogP contribution in [0.2, 0.25) is 0 Å². The Morgan fingerprint density at radius 3 is 2.56 bits per heavy atom. The van der Waals surface area contributed by atoms with E-state index in [9.17, 15) is 9.18 Å². The van der Waals surface area contributed by atoms with Gasteiger partial charge in [0.05, 0.1) is 6.04 Å². The van der Waals surface area contributed by atoms with Crippen molar-refractivity contribution in [1.82, 2.24) is 4.90 Å². The lowest BCUT2D eigenvalue weighted by Gasteiger charge is -2.26. The highest BCUT2D eigenvalue weighted by Gasteiger charge is 2.19. The molecule has 0 saturated heterocycles. The summed E-state index contributed by atoms with van der Waals surface area (Å²) in [5, 5.41) is 0. The van der Waals surface area contributed by atoms with Gasteiger partial charge in [0, 0.05) is 25.1 Å². The van der Waals surface area contributed by atoms with Crippen molar-refractivity contribution < 1.29 is 9.18 Å². The standard InChI is InChI=1S/C14H21FN2O/c1-10(16)8-9-14(18)17(3)11(2)12-6-4-5-7-13(12)15/h4-7,10-11H,8-9,16H2,1-3H3. The van der Waals surface area contributed by atoms with Crippen molar-refractivity contribution in [3.05, 3.63) is 35.6 Å². The third kappa shape index (κ3) is 3.81. The van der Waals surface area contributed by atoms with Crippen molar-refractivity contribution in [2.45, 2.75) is 38.8 Å². The van der Waals surface area contributed by atoms with Crippen LogP contribution in [0.15, 0.2) is 24.3 Å². The average molecular weight is 252 g/mol. The van der Waals surface area contributed by atoms with Gasteiger partial charge in [0.2, 0.25) is 5.91 Å². The van der Waals surface area contributed by atoms with E-state index in [1.807, 2.05) is 13.8 Å². The number of carbonyl (C=O) groups is 1. The first-order chi connectivity index (χ1) is 8.43. The number of halogens is 1. The normalized spacial score (nSPS) is 14.1. The molecule has 1 aromatic rings. The molecule has 0 spiro atoms. The smallest absolute Gasteiger partial charge is 0.222 e. The third-order valence-corrected chi connectivity index (χ3v) is 3.14. The van der Waals surface area contributed by atoms with Crippen molar-refractivity contribution in [3.8, 4) is 0 Å². The summed E-state index contributed by atoms with van der Waals surface area (Å²) in [5.41, 5.74) is 6.16. The second-order valence-corrected chi connectivity index (χ2v) is 4.72. The van der Waals surface area contributed by atoms with Gasteiger partial charge >= 0.3 is 0 Å². The Bertz CT molecular complexity index is 407. The van der Waals surface area contributed by atoms with Crippen LogP contribution < -0.4 is 5.73 Å². The molecule has 0 heterocycles. The lowest BCUT2D eigenvalue weighted by molar-refractivity contribution is -0.132. The fourth-order valence-corrected chi connectivity index (χ4v) is 1.77. The van der Waals surface area contributed by atoms with Crippen LogP contribution in [0.5, 0.6) is 0 Å². The van der Waals surface area contributed by atoms with Gasteiger partial charge < -0.3 is 10.6 Å². The molecule has 1 rings (SSSR count). The van der Waals surface area contributed by atoms with Gasteiger partial charge in [-0.25, -0.2) is 4.39 Å². The molecule has 0 radical (unpaired) electrons. The number of rotatable bonds is 5. The molecular formula is C14H21FN2O. The number of carbonyl (C=O) groups excluding carboxylic acids is 1. The zero-order chi connectivity index (χ0) is 13.7. The highest BCUT2D eigenvalue weighted by molar-refractivity contribution is 5.76. The largest absolute Gasteiger partial charge is 0.339 e. The summed E-state index contributed by atoms with van der Waals surface area (Å²) in [6.07, 6.45) is 1.04. The van der Waals surface area contributed by atoms with Crippen molar-refractivity contribution in [3.63, 3.8) is 0 Å². The van der Waals surface area contributed by atoms with Crippen LogP contribution in [0.4, 0.5) is 4.39 Å². The van der Waals surface area contributed by atoms with E-state index in [1.54, 1.807) is 30.1 Å². The molecule has 0 fully saturated rings. The first-order valence-electron chi connectivity index (χ1n) is 6.19. The summed E-state index contributed by atoms with van der Waals surface area (Å²) in [6.45, 7) is 3.69. The van der Waals surface area contributed by atoms with E-state index in [0.717, 1.165) is 0 Å². The lowest BCUT2D eigenvalue weighted by Crippen LogP contribution is -2.31. The first kappa shape index (κ1) is 14.6. The molecule has 2 atom stereocenters. The van der Waals surface area contributed by atoms with Crippen LogP contribution in [0, 0.1) is 5.82 Å². The highest BCUT2D eigenvalue weighted by Crippen LogP contribution is 2.22. The quantitative estimate of drug-likeness (QED) is 0.875. The van der Waals surface area contributed by atoms with E-state index >= 15 is 0 Å². The van der Waals surface area contributed by atoms with Gasteiger partial charge in [0.15, 0.2) is 0 Å². The van der Waals surface area contributed by atoms with Crippen molar-refractivity contribution in [2.24, 2.45) is 5.73 Å². The maximum atomic E-state index is 13.6. The van der Waals surface area contributed by atoms with Gasteiger partial charge in [0.25, 0.3) is 0 Å². The Kier molecular flexibility index (Phi) is 5.28. The Morgan fingerprint density at radius 2 is 2.00 bits per heavy atom. The van der Waals surface area contributed by atoms with Gasteiger partial charge in [0.1, 0.15) is 5.82 Å². The summed E-state index contributed by atoms with van der Waals surface area (Å²) in [5.74, 6) is -0.292. The molecular weight excluding hydrogens is 231 g/mol. The van der Waals surface area contributed by atoms with Gasteiger partial charge in [-0.2, -0.15) is 0 Å². The summed E-state index contributed by atoms with van der Waals surface area (Å²) >= 11 is 0. The molecule has 0 aliphatic carbocycles. The minimum Gasteiger partial charge on any atom is -0.339 e. The minimum atomic E-state index is -0.281. The average Bonchev–Trinajstić information content (AvgIpc) is 2.34. The van der Waals surface area contributed by atoms with E-state index in [4.69, 9.17) is 5.73 Å². The van der Waals surface area contributed by atoms with Gasteiger partial charge in [-0.1, -0.05) is 18.2 Å². The molecule has 100 valence electrons. The Hall–Kier alpha value is -1.42. The van der Waals surface area contributed by atoms with Crippen LogP contribution in [-0.2, 0) is 4.79 Å². The number of nitrogens with zero attached hydrogens (tertiary/aromatic N) is 1. The number of hydrogen-bond donors (Lipinski definition) is 1. The number of benzene rings is 1. The highest BCUT2D eigenvalue weighted by atomic mass is 19.1. The molecule has 0 aliphatic heterocycles.